The van der Waals surface area contributed by atoms with E-state index in [-0.39, 0.29) is 0 Å². The van der Waals surface area contributed by atoms with E-state index in [0.717, 1.165) is 19.0 Å². The number of aromatic nitrogens is 2. The Balaban J connectivity index is 1.96. The van der Waals surface area contributed by atoms with Gasteiger partial charge in [0, 0.05) is 19.3 Å². The van der Waals surface area contributed by atoms with Gasteiger partial charge in [-0.1, -0.05) is 6.42 Å². The lowest BCUT2D eigenvalue weighted by atomic mass is 9.85. The molecule has 1 aliphatic rings. The minimum atomic E-state index is 0.907. The molecule has 1 aliphatic carbocycles. The fourth-order valence-electron chi connectivity index (χ4n) is 1.79. The maximum atomic E-state index is 4.18. The topological polar surface area (TPSA) is 29.9 Å². The third-order valence-electron chi connectivity index (χ3n) is 2.84. The van der Waals surface area contributed by atoms with Crippen LogP contribution in [0.2, 0.25) is 0 Å². The molecule has 72 valence electrons. The summed E-state index contributed by atoms with van der Waals surface area (Å²) in [4.78, 5) is 4.18. The molecule has 0 spiro atoms. The number of hydrogen-bond donors (Lipinski definition) is 1. The van der Waals surface area contributed by atoms with Gasteiger partial charge >= 0.3 is 0 Å². The van der Waals surface area contributed by atoms with Gasteiger partial charge in [0.2, 0.25) is 0 Å². The number of rotatable bonds is 4. The number of hydrogen-bond acceptors (Lipinski definition) is 2. The summed E-state index contributed by atoms with van der Waals surface area (Å²) in [6.45, 7) is 2.09. The van der Waals surface area contributed by atoms with Crippen molar-refractivity contribution in [2.24, 2.45) is 5.92 Å². The Morgan fingerprint density at radius 1 is 1.62 bits per heavy atom. The highest BCUT2D eigenvalue weighted by Gasteiger charge is 2.18. The average molecular weight is 179 g/mol. The first-order valence-corrected chi connectivity index (χ1v) is 5.03. The summed E-state index contributed by atoms with van der Waals surface area (Å²) in [7, 11) is 1.97. The van der Waals surface area contributed by atoms with Gasteiger partial charge in [-0.15, -0.1) is 0 Å². The van der Waals surface area contributed by atoms with Crippen LogP contribution in [0.4, 0.5) is 0 Å². The molecule has 0 aliphatic heterocycles. The van der Waals surface area contributed by atoms with E-state index in [1.807, 2.05) is 19.6 Å². The third kappa shape index (κ3) is 1.91. The zero-order chi connectivity index (χ0) is 9.10. The number of nitrogens with one attached hydrogen (secondary N) is 1. The summed E-state index contributed by atoms with van der Waals surface area (Å²) in [5, 5.41) is 3.16. The second-order valence-electron chi connectivity index (χ2n) is 3.86. The predicted molar refractivity (Wildman–Crippen MR) is 52.3 cm³/mol. The molecule has 0 amide bonds. The summed E-state index contributed by atoms with van der Waals surface area (Å²) in [5.41, 5.74) is 1.30. The Labute approximate surface area is 79.2 Å². The Morgan fingerprint density at radius 3 is 3.08 bits per heavy atom. The Hall–Kier alpha value is -0.830. The Kier molecular flexibility index (Phi) is 2.64. The van der Waals surface area contributed by atoms with Gasteiger partial charge in [0.1, 0.15) is 0 Å². The molecule has 0 saturated heterocycles. The van der Waals surface area contributed by atoms with Gasteiger partial charge < -0.3 is 9.88 Å². The van der Waals surface area contributed by atoms with Crippen LogP contribution < -0.4 is 5.32 Å². The second-order valence-corrected chi connectivity index (χ2v) is 3.86. The second kappa shape index (κ2) is 3.92. The molecular formula is C10H17N3. The van der Waals surface area contributed by atoms with Gasteiger partial charge in [-0.25, -0.2) is 4.98 Å². The van der Waals surface area contributed by atoms with Crippen molar-refractivity contribution in [3.05, 3.63) is 18.2 Å². The normalized spacial score (nSPS) is 17.3. The standard InChI is InChI=1S/C10H17N3/c1-11-5-10-6-12-8-13(10)7-9-3-2-4-9/h6,8-9,11H,2-5,7H2,1H3. The van der Waals surface area contributed by atoms with E-state index in [2.05, 4.69) is 14.9 Å². The highest BCUT2D eigenvalue weighted by Crippen LogP contribution is 2.28. The monoisotopic (exact) mass is 179 g/mol. The van der Waals surface area contributed by atoms with Gasteiger partial charge in [0.15, 0.2) is 0 Å². The van der Waals surface area contributed by atoms with Crippen molar-refractivity contribution in [3.63, 3.8) is 0 Å². The van der Waals surface area contributed by atoms with E-state index < -0.39 is 0 Å². The van der Waals surface area contributed by atoms with Crippen molar-refractivity contribution in [1.29, 1.82) is 0 Å². The predicted octanol–water partition coefficient (Wildman–Crippen LogP) is 1.40. The van der Waals surface area contributed by atoms with E-state index in [0.29, 0.717) is 0 Å². The SMILES string of the molecule is CNCc1cncn1CC1CCC1. The van der Waals surface area contributed by atoms with Crippen LogP contribution >= 0.6 is 0 Å². The number of imidazole rings is 1. The van der Waals surface area contributed by atoms with Crippen molar-refractivity contribution in [2.75, 3.05) is 7.05 Å². The molecule has 1 saturated carbocycles. The lowest BCUT2D eigenvalue weighted by molar-refractivity contribution is 0.273. The minimum absolute atomic E-state index is 0.907. The van der Waals surface area contributed by atoms with Gasteiger partial charge in [0.25, 0.3) is 0 Å². The minimum Gasteiger partial charge on any atom is -0.333 e. The molecule has 0 radical (unpaired) electrons. The fourth-order valence-corrected chi connectivity index (χ4v) is 1.79. The molecule has 2 rings (SSSR count). The van der Waals surface area contributed by atoms with Crippen molar-refractivity contribution in [1.82, 2.24) is 14.9 Å². The molecule has 1 aromatic rings. The Morgan fingerprint density at radius 2 is 2.46 bits per heavy atom. The summed E-state index contributed by atoms with van der Waals surface area (Å²) >= 11 is 0. The summed E-state index contributed by atoms with van der Waals surface area (Å²) < 4.78 is 2.28. The molecule has 13 heavy (non-hydrogen) atoms. The summed E-state index contributed by atoms with van der Waals surface area (Å²) in [6, 6.07) is 0. The van der Waals surface area contributed by atoms with Crippen LogP contribution in [0, 0.1) is 5.92 Å². The molecule has 0 unspecified atom stereocenters. The zero-order valence-electron chi connectivity index (χ0n) is 8.16. The fraction of sp³-hybridized carbons (Fsp3) is 0.700. The van der Waals surface area contributed by atoms with E-state index in [1.54, 1.807) is 0 Å². The highest BCUT2D eigenvalue weighted by molar-refractivity contribution is 4.98. The van der Waals surface area contributed by atoms with Gasteiger partial charge in [-0.2, -0.15) is 0 Å². The van der Waals surface area contributed by atoms with Crippen LogP contribution in [-0.4, -0.2) is 16.6 Å². The van der Waals surface area contributed by atoms with Crippen LogP contribution in [0.1, 0.15) is 25.0 Å². The van der Waals surface area contributed by atoms with Crippen LogP contribution in [0.5, 0.6) is 0 Å². The van der Waals surface area contributed by atoms with E-state index >= 15 is 0 Å². The van der Waals surface area contributed by atoms with Crippen molar-refractivity contribution in [3.8, 4) is 0 Å². The maximum Gasteiger partial charge on any atom is 0.0948 e. The molecule has 1 fully saturated rings. The quantitative estimate of drug-likeness (QED) is 0.757. The molecule has 1 aromatic heterocycles. The smallest absolute Gasteiger partial charge is 0.0948 e. The van der Waals surface area contributed by atoms with E-state index in [9.17, 15) is 0 Å². The molecule has 3 heteroatoms. The highest BCUT2D eigenvalue weighted by atomic mass is 15.1. The zero-order valence-corrected chi connectivity index (χ0v) is 8.16. The van der Waals surface area contributed by atoms with Crippen LogP contribution in [0.3, 0.4) is 0 Å². The first-order valence-electron chi connectivity index (χ1n) is 5.03. The third-order valence-corrected chi connectivity index (χ3v) is 2.84. The van der Waals surface area contributed by atoms with Crippen molar-refractivity contribution < 1.29 is 0 Å². The van der Waals surface area contributed by atoms with Crippen molar-refractivity contribution >= 4 is 0 Å². The number of nitrogens with zero attached hydrogens (tertiary/aromatic N) is 2. The van der Waals surface area contributed by atoms with Gasteiger partial charge in [0.05, 0.1) is 12.0 Å². The van der Waals surface area contributed by atoms with E-state index in [1.165, 1.54) is 25.0 Å². The first kappa shape index (κ1) is 8.75. The summed E-state index contributed by atoms with van der Waals surface area (Å²) in [5.74, 6) is 0.907. The lowest BCUT2D eigenvalue weighted by Crippen LogP contribution is -2.20. The summed E-state index contributed by atoms with van der Waals surface area (Å²) in [6.07, 6.45) is 8.12. The van der Waals surface area contributed by atoms with Crippen LogP contribution in [0.15, 0.2) is 12.5 Å². The van der Waals surface area contributed by atoms with E-state index in [4.69, 9.17) is 0 Å². The molecule has 3 nitrogen and oxygen atoms in total. The molecular weight excluding hydrogens is 162 g/mol. The largest absolute Gasteiger partial charge is 0.333 e. The van der Waals surface area contributed by atoms with Crippen molar-refractivity contribution in [2.45, 2.75) is 32.4 Å². The molecule has 0 atom stereocenters. The Bertz CT molecular complexity index is 263. The van der Waals surface area contributed by atoms with Gasteiger partial charge in [-0.05, 0) is 25.8 Å². The van der Waals surface area contributed by atoms with Crippen LogP contribution in [-0.2, 0) is 13.1 Å². The van der Waals surface area contributed by atoms with Crippen LogP contribution in [0.25, 0.3) is 0 Å². The lowest BCUT2D eigenvalue weighted by Gasteiger charge is -2.26. The maximum absolute atomic E-state index is 4.18. The molecule has 1 N–H and O–H groups in total. The molecule has 0 aromatic carbocycles. The molecule has 0 bridgehead atoms. The average Bonchev–Trinajstić information content (AvgIpc) is 2.46. The first-order chi connectivity index (χ1) is 6.40. The van der Waals surface area contributed by atoms with Gasteiger partial charge in [-0.3, -0.25) is 0 Å². The molecule has 1 heterocycles.